The van der Waals surface area contributed by atoms with Crippen LogP contribution in [0.15, 0.2) is 63.4 Å². The maximum absolute atomic E-state index is 12.8. The molecule has 2 N–H and O–H groups in total. The Morgan fingerprint density at radius 1 is 1.36 bits per heavy atom. The Kier molecular flexibility index (Phi) is 7.81. The van der Waals surface area contributed by atoms with Crippen LogP contribution in [0.5, 0.6) is 0 Å². The van der Waals surface area contributed by atoms with E-state index < -0.39 is 0 Å². The molecular weight excluding hydrogens is 418 g/mol. The fourth-order valence-corrected chi connectivity index (χ4v) is 3.16. The highest BCUT2D eigenvalue weighted by Crippen LogP contribution is 2.22. The number of nitrogens with one attached hydrogen (secondary N) is 2. The van der Waals surface area contributed by atoms with Crippen LogP contribution in [0.3, 0.4) is 0 Å². The Hall–Kier alpha value is -2.60. The summed E-state index contributed by atoms with van der Waals surface area (Å²) < 4.78 is 7.74. The molecule has 1 aliphatic carbocycles. The molecular formula is C22H26BrN3O2. The van der Waals surface area contributed by atoms with Crippen molar-refractivity contribution in [2.24, 2.45) is 0 Å². The first-order valence-electron chi connectivity index (χ1n) is 9.22. The second-order valence-electron chi connectivity index (χ2n) is 6.18. The van der Waals surface area contributed by atoms with Crippen LogP contribution in [0.1, 0.15) is 31.4 Å². The zero-order valence-electron chi connectivity index (χ0n) is 16.7. The Morgan fingerprint density at radius 3 is 2.75 bits per heavy atom. The Bertz CT molecular complexity index is 963. The van der Waals surface area contributed by atoms with Crippen molar-refractivity contribution < 1.29 is 4.74 Å². The molecule has 5 nitrogen and oxygen atoms in total. The van der Waals surface area contributed by atoms with Crippen LogP contribution in [0, 0.1) is 12.3 Å². The van der Waals surface area contributed by atoms with E-state index in [9.17, 15) is 4.79 Å². The molecule has 0 atom stereocenters. The van der Waals surface area contributed by atoms with Crippen molar-refractivity contribution in [3.8, 4) is 0 Å². The molecule has 1 heterocycles. The summed E-state index contributed by atoms with van der Waals surface area (Å²) in [6, 6.07) is 0. The molecule has 0 saturated heterocycles. The largest absolute Gasteiger partial charge is 0.494 e. The number of rotatable bonds is 7. The number of hydrogen-bond donors (Lipinski definition) is 2. The molecule has 0 amide bonds. The third-order valence-electron chi connectivity index (χ3n) is 4.19. The molecule has 6 heteroatoms. The number of ether oxygens (including phenoxy) is 1. The molecule has 0 aliphatic heterocycles. The number of hydrogen-bond acceptors (Lipinski definition) is 4. The van der Waals surface area contributed by atoms with Gasteiger partial charge in [-0.15, -0.1) is 0 Å². The van der Waals surface area contributed by atoms with Gasteiger partial charge in [0.15, 0.2) is 0 Å². The van der Waals surface area contributed by atoms with Crippen molar-refractivity contribution in [1.82, 2.24) is 9.88 Å². The summed E-state index contributed by atoms with van der Waals surface area (Å²) in [5.74, 6) is 0.808. The maximum Gasteiger partial charge on any atom is 0.269 e. The minimum absolute atomic E-state index is 0.142. The molecule has 0 aromatic carbocycles. The van der Waals surface area contributed by atoms with E-state index >= 15 is 0 Å². The first-order valence-corrected chi connectivity index (χ1v) is 10.0. The summed E-state index contributed by atoms with van der Waals surface area (Å²) in [5.41, 5.74) is 3.43. The van der Waals surface area contributed by atoms with Crippen LogP contribution in [0.4, 0.5) is 0 Å². The molecule has 1 aromatic heterocycles. The van der Waals surface area contributed by atoms with E-state index in [4.69, 9.17) is 10.1 Å². The van der Waals surface area contributed by atoms with E-state index in [0.717, 1.165) is 23.3 Å². The molecule has 1 aliphatic rings. The molecule has 148 valence electrons. The van der Waals surface area contributed by atoms with Gasteiger partial charge in [0.05, 0.1) is 16.8 Å². The summed E-state index contributed by atoms with van der Waals surface area (Å²) in [6.07, 6.45) is 15.6. The third-order valence-corrected chi connectivity index (χ3v) is 5.13. The highest BCUT2D eigenvalue weighted by atomic mass is 79.9. The van der Waals surface area contributed by atoms with Gasteiger partial charge in [-0.05, 0) is 83.8 Å². The lowest BCUT2D eigenvalue weighted by Gasteiger charge is -2.16. The van der Waals surface area contributed by atoms with E-state index in [2.05, 4.69) is 28.2 Å². The van der Waals surface area contributed by atoms with Gasteiger partial charge in [-0.2, -0.15) is 0 Å². The van der Waals surface area contributed by atoms with Gasteiger partial charge in [-0.1, -0.05) is 6.92 Å². The highest BCUT2D eigenvalue weighted by Gasteiger charge is 2.14. The molecule has 0 spiro atoms. The topological polar surface area (TPSA) is 67.1 Å². The summed E-state index contributed by atoms with van der Waals surface area (Å²) in [4.78, 5) is 12.8. The van der Waals surface area contributed by atoms with Crippen LogP contribution in [-0.2, 0) is 4.74 Å². The van der Waals surface area contributed by atoms with Gasteiger partial charge in [0.1, 0.15) is 5.76 Å². The molecule has 0 saturated carbocycles. The van der Waals surface area contributed by atoms with E-state index in [1.807, 2.05) is 44.3 Å². The summed E-state index contributed by atoms with van der Waals surface area (Å²) in [6.45, 7) is 6.52. The fraction of sp³-hybridized carbons (Fsp3) is 0.273. The fourth-order valence-electron chi connectivity index (χ4n) is 2.74. The maximum atomic E-state index is 12.8. The molecule has 28 heavy (non-hydrogen) atoms. The minimum Gasteiger partial charge on any atom is -0.494 e. The van der Waals surface area contributed by atoms with Crippen molar-refractivity contribution in [2.45, 2.75) is 27.2 Å². The highest BCUT2D eigenvalue weighted by molar-refractivity contribution is 9.10. The first kappa shape index (κ1) is 21.7. The van der Waals surface area contributed by atoms with Gasteiger partial charge in [0, 0.05) is 30.7 Å². The molecule has 2 rings (SSSR count). The van der Waals surface area contributed by atoms with E-state index in [0.29, 0.717) is 28.1 Å². The number of allylic oxidation sites excluding steroid dienone is 7. The zero-order chi connectivity index (χ0) is 20.7. The van der Waals surface area contributed by atoms with Gasteiger partial charge in [0.25, 0.3) is 5.56 Å². The normalized spacial score (nSPS) is 16.0. The van der Waals surface area contributed by atoms with Crippen LogP contribution in [0.25, 0.3) is 11.8 Å². The molecule has 0 fully saturated rings. The van der Waals surface area contributed by atoms with Crippen LogP contribution >= 0.6 is 15.9 Å². The minimum atomic E-state index is -0.142. The lowest BCUT2D eigenvalue weighted by molar-refractivity contribution is 0.242. The smallest absolute Gasteiger partial charge is 0.269 e. The Balaban J connectivity index is 2.54. The SMILES string of the molecule is CC/C=C(/C=C\c1cn(C2=C/C(=C/NC)C(=N)C=C2)c(=O)c(Br)c1C)OCC. The van der Waals surface area contributed by atoms with Crippen LogP contribution in [-0.4, -0.2) is 23.9 Å². The predicted molar refractivity (Wildman–Crippen MR) is 120 cm³/mol. The number of pyridine rings is 1. The summed E-state index contributed by atoms with van der Waals surface area (Å²) >= 11 is 3.44. The van der Waals surface area contributed by atoms with E-state index in [1.54, 1.807) is 30.0 Å². The van der Waals surface area contributed by atoms with Crippen molar-refractivity contribution in [2.75, 3.05) is 13.7 Å². The third kappa shape index (κ3) is 5.01. The Labute approximate surface area is 174 Å². The van der Waals surface area contributed by atoms with E-state index in [-0.39, 0.29) is 5.56 Å². The average Bonchev–Trinajstić information content (AvgIpc) is 2.68. The van der Waals surface area contributed by atoms with Crippen molar-refractivity contribution in [3.05, 3.63) is 80.1 Å². The van der Waals surface area contributed by atoms with Crippen molar-refractivity contribution >= 4 is 33.4 Å². The predicted octanol–water partition coefficient (Wildman–Crippen LogP) is 4.80. The first-order chi connectivity index (χ1) is 13.4. The van der Waals surface area contributed by atoms with Gasteiger partial charge in [-0.25, -0.2) is 0 Å². The summed E-state index contributed by atoms with van der Waals surface area (Å²) in [7, 11) is 1.78. The molecule has 0 unspecified atom stereocenters. The van der Waals surface area contributed by atoms with Crippen LogP contribution < -0.4 is 10.9 Å². The van der Waals surface area contributed by atoms with E-state index in [1.165, 1.54) is 0 Å². The second kappa shape index (κ2) is 10.1. The Morgan fingerprint density at radius 2 is 2.11 bits per heavy atom. The van der Waals surface area contributed by atoms with Crippen molar-refractivity contribution in [3.63, 3.8) is 0 Å². The van der Waals surface area contributed by atoms with Gasteiger partial charge in [0.2, 0.25) is 0 Å². The molecule has 0 bridgehead atoms. The molecule has 1 aromatic rings. The lowest BCUT2D eigenvalue weighted by atomic mass is 10.0. The average molecular weight is 444 g/mol. The molecule has 0 radical (unpaired) electrons. The van der Waals surface area contributed by atoms with Crippen molar-refractivity contribution in [1.29, 1.82) is 5.41 Å². The number of halogens is 1. The zero-order valence-corrected chi connectivity index (χ0v) is 18.3. The van der Waals surface area contributed by atoms with Gasteiger partial charge >= 0.3 is 0 Å². The monoisotopic (exact) mass is 443 g/mol. The van der Waals surface area contributed by atoms with Gasteiger partial charge in [-0.3, -0.25) is 9.36 Å². The van der Waals surface area contributed by atoms with Gasteiger partial charge < -0.3 is 15.5 Å². The lowest BCUT2D eigenvalue weighted by Crippen LogP contribution is -2.22. The quantitative estimate of drug-likeness (QED) is 0.469. The standard InChI is InChI=1S/C22H26BrN3O2/c1-5-7-19(28-6-2)10-8-16-14-26(22(27)21(23)15(16)3)18-9-11-20(24)17(12-18)13-25-4/h7-14,24-25H,5-6H2,1-4H3/b10-8-,17-13-,19-7-,24-20?. The van der Waals surface area contributed by atoms with Crippen LogP contribution in [0.2, 0.25) is 0 Å². The summed E-state index contributed by atoms with van der Waals surface area (Å²) in [5, 5.41) is 10.9. The number of aromatic nitrogens is 1. The number of nitrogens with zero attached hydrogens (tertiary/aromatic N) is 1. The second-order valence-corrected chi connectivity index (χ2v) is 6.98.